The molecule has 0 unspecified atom stereocenters. The Balaban J connectivity index is 4.32. The minimum absolute atomic E-state index is 0.0556. The van der Waals surface area contributed by atoms with E-state index in [0.29, 0.717) is 11.8 Å². The minimum atomic E-state index is -0.0700. The molecule has 72 valence electrons. The number of ether oxygens (including phenoxy) is 1. The fourth-order valence-corrected chi connectivity index (χ4v) is 1.55. The summed E-state index contributed by atoms with van der Waals surface area (Å²) in [6, 6.07) is 0. The maximum absolute atomic E-state index is 11.3. The molecule has 0 amide bonds. The molecule has 0 aromatic heterocycles. The van der Waals surface area contributed by atoms with Crippen molar-refractivity contribution in [3.8, 4) is 0 Å². The van der Waals surface area contributed by atoms with Gasteiger partial charge >= 0.3 is 5.97 Å². The standard InChI is InChI=1S/C10H20O2/c1-6-8(4)9(7(2)3)10(11)12-5/h7-9H,6H2,1-5H3/t8-,9-/m0/s1. The summed E-state index contributed by atoms with van der Waals surface area (Å²) in [5, 5.41) is 0. The van der Waals surface area contributed by atoms with E-state index >= 15 is 0 Å². The van der Waals surface area contributed by atoms with Crippen molar-refractivity contribution >= 4 is 5.97 Å². The van der Waals surface area contributed by atoms with Gasteiger partial charge in [-0.15, -0.1) is 0 Å². The van der Waals surface area contributed by atoms with Crippen molar-refractivity contribution in [2.75, 3.05) is 7.11 Å². The van der Waals surface area contributed by atoms with Gasteiger partial charge in [-0.3, -0.25) is 4.79 Å². The van der Waals surface area contributed by atoms with E-state index in [2.05, 4.69) is 27.7 Å². The Morgan fingerprint density at radius 1 is 1.33 bits per heavy atom. The molecule has 2 atom stereocenters. The summed E-state index contributed by atoms with van der Waals surface area (Å²) >= 11 is 0. The van der Waals surface area contributed by atoms with Crippen molar-refractivity contribution in [1.82, 2.24) is 0 Å². The van der Waals surface area contributed by atoms with Gasteiger partial charge in [0.1, 0.15) is 0 Å². The average Bonchev–Trinajstić information content (AvgIpc) is 2.03. The van der Waals surface area contributed by atoms with Gasteiger partial charge < -0.3 is 4.74 Å². The highest BCUT2D eigenvalue weighted by Gasteiger charge is 2.27. The molecule has 12 heavy (non-hydrogen) atoms. The number of hydrogen-bond acceptors (Lipinski definition) is 2. The lowest BCUT2D eigenvalue weighted by atomic mass is 9.83. The highest BCUT2D eigenvalue weighted by molar-refractivity contribution is 5.72. The van der Waals surface area contributed by atoms with Crippen LogP contribution in [0.15, 0.2) is 0 Å². The molecule has 0 spiro atoms. The van der Waals surface area contributed by atoms with Crippen molar-refractivity contribution in [2.24, 2.45) is 17.8 Å². The molecular weight excluding hydrogens is 152 g/mol. The molecule has 0 heterocycles. The van der Waals surface area contributed by atoms with E-state index in [1.807, 2.05) is 0 Å². The number of methoxy groups -OCH3 is 1. The highest BCUT2D eigenvalue weighted by Crippen LogP contribution is 2.24. The molecule has 0 aromatic rings. The summed E-state index contributed by atoms with van der Waals surface area (Å²) in [4.78, 5) is 11.3. The van der Waals surface area contributed by atoms with Gasteiger partial charge in [0.05, 0.1) is 13.0 Å². The maximum atomic E-state index is 11.3. The van der Waals surface area contributed by atoms with Crippen molar-refractivity contribution in [1.29, 1.82) is 0 Å². The number of rotatable bonds is 4. The molecule has 0 N–H and O–H groups in total. The first kappa shape index (κ1) is 11.5. The fraction of sp³-hybridized carbons (Fsp3) is 0.900. The summed E-state index contributed by atoms with van der Waals surface area (Å²) in [6.07, 6.45) is 1.03. The van der Waals surface area contributed by atoms with Crippen molar-refractivity contribution in [3.05, 3.63) is 0 Å². The van der Waals surface area contributed by atoms with Gasteiger partial charge in [-0.25, -0.2) is 0 Å². The number of esters is 1. The lowest BCUT2D eigenvalue weighted by molar-refractivity contribution is -0.149. The Kier molecular flexibility index (Phi) is 4.95. The summed E-state index contributed by atoms with van der Waals surface area (Å²) in [6.45, 7) is 8.33. The molecule has 0 bridgehead atoms. The monoisotopic (exact) mass is 172 g/mol. The first-order chi connectivity index (χ1) is 5.54. The smallest absolute Gasteiger partial charge is 0.309 e. The van der Waals surface area contributed by atoms with Crippen molar-refractivity contribution in [3.63, 3.8) is 0 Å². The number of hydrogen-bond donors (Lipinski definition) is 0. The molecule has 0 aliphatic heterocycles. The molecule has 2 nitrogen and oxygen atoms in total. The quantitative estimate of drug-likeness (QED) is 0.609. The van der Waals surface area contributed by atoms with E-state index in [4.69, 9.17) is 4.74 Å². The van der Waals surface area contributed by atoms with Crippen LogP contribution in [0, 0.1) is 17.8 Å². The molecule has 0 aromatic carbocycles. The lowest BCUT2D eigenvalue weighted by Crippen LogP contribution is -2.27. The summed E-state index contributed by atoms with van der Waals surface area (Å²) in [5.74, 6) is 0.768. The van der Waals surface area contributed by atoms with Gasteiger partial charge in [0.15, 0.2) is 0 Å². The molecule has 2 heteroatoms. The summed E-state index contributed by atoms with van der Waals surface area (Å²) in [5.41, 5.74) is 0. The molecule has 0 radical (unpaired) electrons. The summed E-state index contributed by atoms with van der Waals surface area (Å²) < 4.78 is 4.76. The zero-order chi connectivity index (χ0) is 9.72. The van der Waals surface area contributed by atoms with Crippen LogP contribution in [0.1, 0.15) is 34.1 Å². The van der Waals surface area contributed by atoms with E-state index in [-0.39, 0.29) is 11.9 Å². The van der Waals surface area contributed by atoms with Gasteiger partial charge in [-0.2, -0.15) is 0 Å². The lowest BCUT2D eigenvalue weighted by Gasteiger charge is -2.23. The normalized spacial score (nSPS) is 15.8. The van der Waals surface area contributed by atoms with Gasteiger partial charge in [-0.1, -0.05) is 34.1 Å². The van der Waals surface area contributed by atoms with Gasteiger partial charge in [-0.05, 0) is 11.8 Å². The van der Waals surface area contributed by atoms with Gasteiger partial charge in [0.25, 0.3) is 0 Å². The van der Waals surface area contributed by atoms with Crippen LogP contribution >= 0.6 is 0 Å². The molecular formula is C10H20O2. The first-order valence-electron chi connectivity index (χ1n) is 4.62. The molecule has 0 fully saturated rings. The predicted octanol–water partition coefficient (Wildman–Crippen LogP) is 2.48. The van der Waals surface area contributed by atoms with Crippen LogP contribution in [0.3, 0.4) is 0 Å². The van der Waals surface area contributed by atoms with Gasteiger partial charge in [0, 0.05) is 0 Å². The van der Waals surface area contributed by atoms with Crippen LogP contribution in [0.2, 0.25) is 0 Å². The molecule has 0 saturated heterocycles. The Hall–Kier alpha value is -0.530. The molecule has 0 aliphatic carbocycles. The second kappa shape index (κ2) is 5.18. The van der Waals surface area contributed by atoms with Crippen molar-refractivity contribution in [2.45, 2.75) is 34.1 Å². The van der Waals surface area contributed by atoms with E-state index in [9.17, 15) is 4.79 Å². The zero-order valence-corrected chi connectivity index (χ0v) is 8.76. The Morgan fingerprint density at radius 3 is 2.08 bits per heavy atom. The predicted molar refractivity (Wildman–Crippen MR) is 49.8 cm³/mol. The average molecular weight is 172 g/mol. The fourth-order valence-electron chi connectivity index (χ4n) is 1.55. The highest BCUT2D eigenvalue weighted by atomic mass is 16.5. The second-order valence-electron chi connectivity index (χ2n) is 3.68. The summed E-state index contributed by atoms with van der Waals surface area (Å²) in [7, 11) is 1.46. The number of carbonyl (C=O) groups excluding carboxylic acids is 1. The van der Waals surface area contributed by atoms with Crippen LogP contribution in [-0.2, 0) is 9.53 Å². The Bertz CT molecular complexity index is 141. The van der Waals surface area contributed by atoms with Crippen LogP contribution in [-0.4, -0.2) is 13.1 Å². The first-order valence-corrected chi connectivity index (χ1v) is 4.62. The largest absolute Gasteiger partial charge is 0.469 e. The Labute approximate surface area is 75.3 Å². The topological polar surface area (TPSA) is 26.3 Å². The third-order valence-electron chi connectivity index (χ3n) is 2.45. The van der Waals surface area contributed by atoms with Crippen LogP contribution < -0.4 is 0 Å². The van der Waals surface area contributed by atoms with E-state index in [0.717, 1.165) is 6.42 Å². The van der Waals surface area contributed by atoms with Crippen LogP contribution in [0.5, 0.6) is 0 Å². The van der Waals surface area contributed by atoms with E-state index in [1.165, 1.54) is 7.11 Å². The maximum Gasteiger partial charge on any atom is 0.309 e. The van der Waals surface area contributed by atoms with E-state index < -0.39 is 0 Å². The van der Waals surface area contributed by atoms with E-state index in [1.54, 1.807) is 0 Å². The third kappa shape index (κ3) is 2.84. The van der Waals surface area contributed by atoms with Crippen molar-refractivity contribution < 1.29 is 9.53 Å². The molecule has 0 aliphatic rings. The minimum Gasteiger partial charge on any atom is -0.469 e. The second-order valence-corrected chi connectivity index (χ2v) is 3.68. The zero-order valence-electron chi connectivity index (χ0n) is 8.76. The van der Waals surface area contributed by atoms with Gasteiger partial charge in [0.2, 0.25) is 0 Å². The Morgan fingerprint density at radius 2 is 1.83 bits per heavy atom. The SMILES string of the molecule is CC[C@H](C)[C@@H](C(=O)OC)C(C)C. The molecule has 0 rings (SSSR count). The third-order valence-corrected chi connectivity index (χ3v) is 2.45. The molecule has 0 saturated carbocycles. The van der Waals surface area contributed by atoms with Crippen LogP contribution in [0.25, 0.3) is 0 Å². The van der Waals surface area contributed by atoms with Crippen LogP contribution in [0.4, 0.5) is 0 Å². The number of carbonyl (C=O) groups is 1.